The van der Waals surface area contributed by atoms with Crippen LogP contribution in [-0.4, -0.2) is 6.54 Å². The van der Waals surface area contributed by atoms with E-state index in [0.717, 1.165) is 25.1 Å². The van der Waals surface area contributed by atoms with Gasteiger partial charge in [-0.05, 0) is 29.9 Å². The van der Waals surface area contributed by atoms with Crippen LogP contribution in [0.5, 0.6) is 0 Å². The highest BCUT2D eigenvalue weighted by Crippen LogP contribution is 2.39. The molecule has 2 heterocycles. The van der Waals surface area contributed by atoms with E-state index in [2.05, 4.69) is 32.2 Å². The van der Waals surface area contributed by atoms with Gasteiger partial charge in [0.15, 0.2) is 0 Å². The maximum atomic E-state index is 5.59. The number of hydrogen-bond donors (Lipinski definition) is 1. The van der Waals surface area contributed by atoms with Crippen LogP contribution in [-0.2, 0) is 6.42 Å². The Balaban J connectivity index is 2.32. The minimum atomic E-state index is 0.271. The number of furan rings is 1. The lowest BCUT2D eigenvalue weighted by Crippen LogP contribution is -2.38. The molecule has 0 saturated carbocycles. The topological polar surface area (TPSA) is 25.2 Å². The van der Waals surface area contributed by atoms with Gasteiger partial charge >= 0.3 is 0 Å². The van der Waals surface area contributed by atoms with Gasteiger partial charge in [0.25, 0.3) is 0 Å². The first-order valence-electron chi connectivity index (χ1n) is 5.45. The first-order valence-corrected chi connectivity index (χ1v) is 5.45. The van der Waals surface area contributed by atoms with Crippen molar-refractivity contribution in [2.45, 2.75) is 39.7 Å². The number of nitrogens with one attached hydrogen (secondary N) is 1. The van der Waals surface area contributed by atoms with Crippen molar-refractivity contribution in [3.05, 3.63) is 23.7 Å². The van der Waals surface area contributed by atoms with Crippen LogP contribution >= 0.6 is 0 Å². The molecule has 1 aromatic rings. The van der Waals surface area contributed by atoms with E-state index in [0.29, 0.717) is 6.04 Å². The molecule has 14 heavy (non-hydrogen) atoms. The first kappa shape index (κ1) is 9.78. The van der Waals surface area contributed by atoms with E-state index < -0.39 is 0 Å². The van der Waals surface area contributed by atoms with E-state index in [1.807, 2.05) is 6.26 Å². The Bertz CT molecular complexity index is 314. The van der Waals surface area contributed by atoms with Gasteiger partial charge in [0.1, 0.15) is 5.76 Å². The summed E-state index contributed by atoms with van der Waals surface area (Å²) in [5, 5.41) is 3.56. The van der Waals surface area contributed by atoms with Gasteiger partial charge in [0, 0.05) is 6.54 Å². The number of rotatable bonds is 2. The molecule has 1 unspecified atom stereocenters. The van der Waals surface area contributed by atoms with Gasteiger partial charge in [-0.3, -0.25) is 0 Å². The van der Waals surface area contributed by atoms with Gasteiger partial charge in [0.2, 0.25) is 0 Å². The number of fused-ring (bicyclic) bond motifs is 1. The highest BCUT2D eigenvalue weighted by atomic mass is 16.3. The lowest BCUT2D eigenvalue weighted by Gasteiger charge is -2.35. The Hall–Kier alpha value is -0.760. The van der Waals surface area contributed by atoms with Crippen molar-refractivity contribution in [3.8, 4) is 0 Å². The fourth-order valence-corrected chi connectivity index (χ4v) is 2.09. The van der Waals surface area contributed by atoms with E-state index in [9.17, 15) is 0 Å². The summed E-state index contributed by atoms with van der Waals surface area (Å²) >= 11 is 0. The zero-order valence-corrected chi connectivity index (χ0v) is 9.26. The zero-order chi connectivity index (χ0) is 10.2. The van der Waals surface area contributed by atoms with E-state index in [4.69, 9.17) is 4.42 Å². The quantitative estimate of drug-likeness (QED) is 0.781. The monoisotopic (exact) mass is 193 g/mol. The van der Waals surface area contributed by atoms with E-state index in [1.165, 1.54) is 5.56 Å². The Labute approximate surface area is 85.7 Å². The summed E-state index contributed by atoms with van der Waals surface area (Å²) in [6.45, 7) is 7.89. The lowest BCUT2D eigenvalue weighted by atomic mass is 9.78. The maximum absolute atomic E-state index is 5.59. The van der Waals surface area contributed by atoms with Gasteiger partial charge in [0.05, 0.1) is 12.3 Å². The standard InChI is InChI=1S/C12H19NO/c1-4-12(2,3)11-10-9(5-7-13-11)6-8-14-10/h6,8,11,13H,4-5,7H2,1-3H3. The van der Waals surface area contributed by atoms with Crippen molar-refractivity contribution < 1.29 is 4.42 Å². The summed E-state index contributed by atoms with van der Waals surface area (Å²) in [6, 6.07) is 2.49. The van der Waals surface area contributed by atoms with Crippen LogP contribution in [0.3, 0.4) is 0 Å². The molecule has 78 valence electrons. The molecular weight excluding hydrogens is 174 g/mol. The molecule has 0 fully saturated rings. The molecule has 0 spiro atoms. The minimum Gasteiger partial charge on any atom is -0.467 e. The average molecular weight is 193 g/mol. The van der Waals surface area contributed by atoms with Crippen molar-refractivity contribution in [2.24, 2.45) is 5.41 Å². The largest absolute Gasteiger partial charge is 0.467 e. The van der Waals surface area contributed by atoms with Crippen molar-refractivity contribution in [3.63, 3.8) is 0 Å². The van der Waals surface area contributed by atoms with Crippen LogP contribution in [0.25, 0.3) is 0 Å². The SMILES string of the molecule is CCC(C)(C)C1NCCc2ccoc21. The molecule has 1 aliphatic heterocycles. The van der Waals surface area contributed by atoms with Gasteiger partial charge < -0.3 is 9.73 Å². The summed E-state index contributed by atoms with van der Waals surface area (Å²) < 4.78 is 5.59. The highest BCUT2D eigenvalue weighted by Gasteiger charge is 2.34. The van der Waals surface area contributed by atoms with Crippen molar-refractivity contribution in [1.82, 2.24) is 5.32 Å². The smallest absolute Gasteiger partial charge is 0.124 e. The molecule has 0 saturated heterocycles. The van der Waals surface area contributed by atoms with Crippen molar-refractivity contribution in [1.29, 1.82) is 0 Å². The summed E-state index contributed by atoms with van der Waals surface area (Å²) in [7, 11) is 0. The molecule has 2 nitrogen and oxygen atoms in total. The lowest BCUT2D eigenvalue weighted by molar-refractivity contribution is 0.197. The Morgan fingerprint density at radius 3 is 3.07 bits per heavy atom. The third-order valence-corrected chi connectivity index (χ3v) is 3.48. The molecule has 0 amide bonds. The number of hydrogen-bond acceptors (Lipinski definition) is 2. The summed E-state index contributed by atoms with van der Waals surface area (Å²) in [4.78, 5) is 0. The average Bonchev–Trinajstić information content (AvgIpc) is 2.64. The second-order valence-electron chi connectivity index (χ2n) is 4.79. The molecule has 0 aliphatic carbocycles. The molecule has 2 rings (SSSR count). The van der Waals surface area contributed by atoms with Crippen LogP contribution in [0.2, 0.25) is 0 Å². The molecule has 0 aromatic carbocycles. The molecular formula is C12H19NO. The van der Waals surface area contributed by atoms with Gasteiger partial charge in [-0.2, -0.15) is 0 Å². The van der Waals surface area contributed by atoms with E-state index >= 15 is 0 Å². The van der Waals surface area contributed by atoms with Crippen LogP contribution < -0.4 is 5.32 Å². The zero-order valence-electron chi connectivity index (χ0n) is 9.26. The third-order valence-electron chi connectivity index (χ3n) is 3.48. The third kappa shape index (κ3) is 1.48. The highest BCUT2D eigenvalue weighted by molar-refractivity contribution is 5.25. The summed E-state index contributed by atoms with van der Waals surface area (Å²) in [6.07, 6.45) is 4.07. The Kier molecular flexibility index (Phi) is 2.40. The van der Waals surface area contributed by atoms with Crippen molar-refractivity contribution >= 4 is 0 Å². The summed E-state index contributed by atoms with van der Waals surface area (Å²) in [5.41, 5.74) is 1.66. The van der Waals surface area contributed by atoms with Gasteiger partial charge in [-0.1, -0.05) is 20.8 Å². The Morgan fingerprint density at radius 2 is 2.36 bits per heavy atom. The maximum Gasteiger partial charge on any atom is 0.124 e. The second kappa shape index (κ2) is 3.43. The molecule has 1 N–H and O–H groups in total. The van der Waals surface area contributed by atoms with Crippen LogP contribution in [0.4, 0.5) is 0 Å². The molecule has 0 radical (unpaired) electrons. The second-order valence-corrected chi connectivity index (χ2v) is 4.79. The van der Waals surface area contributed by atoms with Crippen LogP contribution in [0.15, 0.2) is 16.7 Å². The fourth-order valence-electron chi connectivity index (χ4n) is 2.09. The summed E-state index contributed by atoms with van der Waals surface area (Å²) in [5.74, 6) is 1.16. The van der Waals surface area contributed by atoms with Crippen LogP contribution in [0.1, 0.15) is 44.6 Å². The molecule has 1 atom stereocenters. The van der Waals surface area contributed by atoms with Gasteiger partial charge in [-0.25, -0.2) is 0 Å². The Morgan fingerprint density at radius 1 is 1.57 bits per heavy atom. The fraction of sp³-hybridized carbons (Fsp3) is 0.667. The molecule has 2 heteroatoms. The molecule has 0 bridgehead atoms. The van der Waals surface area contributed by atoms with Crippen LogP contribution in [0, 0.1) is 5.41 Å². The first-order chi connectivity index (χ1) is 6.65. The molecule has 1 aliphatic rings. The van der Waals surface area contributed by atoms with E-state index in [1.54, 1.807) is 0 Å². The minimum absolute atomic E-state index is 0.271. The predicted molar refractivity (Wildman–Crippen MR) is 57.2 cm³/mol. The normalized spacial score (nSPS) is 22.1. The predicted octanol–water partition coefficient (Wildman–Crippen LogP) is 2.90. The molecule has 1 aromatic heterocycles. The van der Waals surface area contributed by atoms with Gasteiger partial charge in [-0.15, -0.1) is 0 Å². The van der Waals surface area contributed by atoms with Crippen molar-refractivity contribution in [2.75, 3.05) is 6.54 Å². The van der Waals surface area contributed by atoms with E-state index in [-0.39, 0.29) is 5.41 Å².